The number of hydrogen-bond donors (Lipinski definition) is 2. The number of anilines is 2. The SMILES string of the molecule is CCNc1ccccc1C(=O)Nc1nccnn1. The summed E-state index contributed by atoms with van der Waals surface area (Å²) in [6, 6.07) is 7.27. The molecule has 1 amide bonds. The molecule has 0 fully saturated rings. The van der Waals surface area contributed by atoms with E-state index in [1.165, 1.54) is 12.4 Å². The molecule has 0 bridgehead atoms. The minimum absolute atomic E-state index is 0.189. The van der Waals surface area contributed by atoms with Crippen molar-refractivity contribution in [2.45, 2.75) is 6.92 Å². The van der Waals surface area contributed by atoms with Gasteiger partial charge in [-0.3, -0.25) is 10.1 Å². The largest absolute Gasteiger partial charge is 0.385 e. The minimum atomic E-state index is -0.264. The molecule has 0 saturated heterocycles. The van der Waals surface area contributed by atoms with Gasteiger partial charge in [0.2, 0.25) is 5.95 Å². The number of nitrogens with one attached hydrogen (secondary N) is 2. The quantitative estimate of drug-likeness (QED) is 0.851. The lowest BCUT2D eigenvalue weighted by atomic mass is 10.1. The number of amides is 1. The number of para-hydroxylation sites is 1. The Bertz CT molecular complexity index is 529. The van der Waals surface area contributed by atoms with E-state index in [0.717, 1.165) is 12.2 Å². The standard InChI is InChI=1S/C12H13N5O/c1-2-13-10-6-4-3-5-9(10)11(18)16-12-14-7-8-15-17-12/h3-8,13H,2H2,1H3,(H,14,16,17,18). The molecule has 6 heteroatoms. The third-order valence-corrected chi connectivity index (χ3v) is 2.25. The van der Waals surface area contributed by atoms with E-state index in [4.69, 9.17) is 0 Å². The Morgan fingerprint density at radius 2 is 2.11 bits per heavy atom. The third-order valence-electron chi connectivity index (χ3n) is 2.25. The zero-order valence-corrected chi connectivity index (χ0v) is 9.92. The summed E-state index contributed by atoms with van der Waals surface area (Å²) in [6.45, 7) is 2.71. The van der Waals surface area contributed by atoms with Crippen LogP contribution in [0, 0.1) is 0 Å². The van der Waals surface area contributed by atoms with E-state index in [9.17, 15) is 4.79 Å². The summed E-state index contributed by atoms with van der Waals surface area (Å²) in [5.41, 5.74) is 1.33. The van der Waals surface area contributed by atoms with Crippen molar-refractivity contribution in [2.75, 3.05) is 17.2 Å². The van der Waals surface area contributed by atoms with Crippen LogP contribution in [0.2, 0.25) is 0 Å². The first-order chi connectivity index (χ1) is 8.81. The van der Waals surface area contributed by atoms with E-state index >= 15 is 0 Å². The van der Waals surface area contributed by atoms with Gasteiger partial charge in [0, 0.05) is 12.2 Å². The van der Waals surface area contributed by atoms with Gasteiger partial charge in [-0.1, -0.05) is 12.1 Å². The molecule has 0 radical (unpaired) electrons. The van der Waals surface area contributed by atoms with Gasteiger partial charge in [0.25, 0.3) is 5.91 Å². The van der Waals surface area contributed by atoms with Crippen molar-refractivity contribution < 1.29 is 4.79 Å². The highest BCUT2D eigenvalue weighted by Crippen LogP contribution is 2.15. The topological polar surface area (TPSA) is 79.8 Å². The Kier molecular flexibility index (Phi) is 3.80. The van der Waals surface area contributed by atoms with E-state index < -0.39 is 0 Å². The molecule has 0 aliphatic rings. The van der Waals surface area contributed by atoms with Gasteiger partial charge >= 0.3 is 0 Å². The molecule has 6 nitrogen and oxygen atoms in total. The molecule has 1 aromatic heterocycles. The fourth-order valence-corrected chi connectivity index (χ4v) is 1.50. The smallest absolute Gasteiger partial charge is 0.260 e. The maximum atomic E-state index is 12.1. The Balaban J connectivity index is 2.19. The molecule has 0 aliphatic heterocycles. The molecule has 0 atom stereocenters. The van der Waals surface area contributed by atoms with Gasteiger partial charge in [0.15, 0.2) is 0 Å². The van der Waals surface area contributed by atoms with Crippen molar-refractivity contribution in [3.63, 3.8) is 0 Å². The van der Waals surface area contributed by atoms with Gasteiger partial charge in [-0.2, -0.15) is 5.10 Å². The molecule has 2 N–H and O–H groups in total. The van der Waals surface area contributed by atoms with Gasteiger partial charge in [-0.05, 0) is 19.1 Å². The van der Waals surface area contributed by atoms with Gasteiger partial charge < -0.3 is 5.32 Å². The summed E-state index contributed by atoms with van der Waals surface area (Å²) in [7, 11) is 0. The molecular formula is C12H13N5O. The number of hydrogen-bond acceptors (Lipinski definition) is 5. The van der Waals surface area contributed by atoms with Gasteiger partial charge in [0.05, 0.1) is 18.0 Å². The monoisotopic (exact) mass is 243 g/mol. The predicted molar refractivity (Wildman–Crippen MR) is 68.4 cm³/mol. The second-order valence-corrected chi connectivity index (χ2v) is 3.50. The fraction of sp³-hybridized carbons (Fsp3) is 0.167. The minimum Gasteiger partial charge on any atom is -0.385 e. The molecule has 0 spiro atoms. The van der Waals surface area contributed by atoms with E-state index in [2.05, 4.69) is 25.8 Å². The van der Waals surface area contributed by atoms with E-state index in [1.54, 1.807) is 12.1 Å². The fourth-order valence-electron chi connectivity index (χ4n) is 1.50. The van der Waals surface area contributed by atoms with Crippen LogP contribution in [0.3, 0.4) is 0 Å². The van der Waals surface area contributed by atoms with Crippen molar-refractivity contribution in [3.8, 4) is 0 Å². The molecule has 0 aliphatic carbocycles. The number of rotatable bonds is 4. The summed E-state index contributed by atoms with van der Waals surface area (Å²) in [6.07, 6.45) is 2.92. The summed E-state index contributed by atoms with van der Waals surface area (Å²) in [5.74, 6) is -0.0756. The van der Waals surface area contributed by atoms with E-state index in [1.807, 2.05) is 19.1 Å². The zero-order valence-electron chi connectivity index (χ0n) is 9.92. The van der Waals surface area contributed by atoms with Gasteiger partial charge in [-0.15, -0.1) is 5.10 Å². The lowest BCUT2D eigenvalue weighted by Crippen LogP contribution is -2.16. The Morgan fingerprint density at radius 3 is 2.83 bits per heavy atom. The highest BCUT2D eigenvalue weighted by Gasteiger charge is 2.11. The summed E-state index contributed by atoms with van der Waals surface area (Å²) in [5, 5.41) is 13.1. The van der Waals surface area contributed by atoms with Crippen LogP contribution in [0.15, 0.2) is 36.7 Å². The van der Waals surface area contributed by atoms with Crippen LogP contribution in [0.25, 0.3) is 0 Å². The Hall–Kier alpha value is -2.50. The summed E-state index contributed by atoms with van der Waals surface area (Å²) < 4.78 is 0. The number of carbonyl (C=O) groups excluding carboxylic acids is 1. The van der Waals surface area contributed by atoms with Crippen LogP contribution in [-0.4, -0.2) is 27.6 Å². The zero-order chi connectivity index (χ0) is 12.8. The number of carbonyl (C=O) groups is 1. The summed E-state index contributed by atoms with van der Waals surface area (Å²) >= 11 is 0. The first kappa shape index (κ1) is 12.0. The van der Waals surface area contributed by atoms with Crippen molar-refractivity contribution in [2.24, 2.45) is 0 Å². The molecular weight excluding hydrogens is 230 g/mol. The average Bonchev–Trinajstić information content (AvgIpc) is 2.41. The Labute approximate surface area is 104 Å². The molecule has 1 aromatic carbocycles. The van der Waals surface area contributed by atoms with Crippen molar-refractivity contribution in [1.29, 1.82) is 0 Å². The van der Waals surface area contributed by atoms with Gasteiger partial charge in [0.1, 0.15) is 0 Å². The maximum absolute atomic E-state index is 12.1. The third kappa shape index (κ3) is 2.79. The second kappa shape index (κ2) is 5.72. The molecule has 1 heterocycles. The predicted octanol–water partition coefficient (Wildman–Crippen LogP) is 1.56. The number of benzene rings is 1. The Morgan fingerprint density at radius 1 is 1.28 bits per heavy atom. The van der Waals surface area contributed by atoms with E-state index in [0.29, 0.717) is 5.56 Å². The summed E-state index contributed by atoms with van der Waals surface area (Å²) in [4.78, 5) is 15.9. The molecule has 2 rings (SSSR count). The first-order valence-electron chi connectivity index (χ1n) is 5.59. The first-order valence-corrected chi connectivity index (χ1v) is 5.59. The highest BCUT2D eigenvalue weighted by molar-refractivity contribution is 6.07. The number of nitrogens with zero attached hydrogens (tertiary/aromatic N) is 3. The van der Waals surface area contributed by atoms with E-state index in [-0.39, 0.29) is 11.9 Å². The van der Waals surface area contributed by atoms with Crippen LogP contribution in [0.1, 0.15) is 17.3 Å². The van der Waals surface area contributed by atoms with Crippen LogP contribution >= 0.6 is 0 Å². The van der Waals surface area contributed by atoms with Crippen LogP contribution in [0.4, 0.5) is 11.6 Å². The highest BCUT2D eigenvalue weighted by atomic mass is 16.1. The second-order valence-electron chi connectivity index (χ2n) is 3.50. The number of aromatic nitrogens is 3. The van der Waals surface area contributed by atoms with Crippen LogP contribution in [0.5, 0.6) is 0 Å². The van der Waals surface area contributed by atoms with Crippen molar-refractivity contribution in [3.05, 3.63) is 42.2 Å². The van der Waals surface area contributed by atoms with Crippen LogP contribution < -0.4 is 10.6 Å². The molecule has 2 aromatic rings. The molecule has 92 valence electrons. The molecule has 0 unspecified atom stereocenters. The molecule has 18 heavy (non-hydrogen) atoms. The lowest BCUT2D eigenvalue weighted by molar-refractivity contribution is 0.102. The average molecular weight is 243 g/mol. The molecule has 0 saturated carbocycles. The van der Waals surface area contributed by atoms with Crippen LogP contribution in [-0.2, 0) is 0 Å². The maximum Gasteiger partial charge on any atom is 0.260 e. The lowest BCUT2D eigenvalue weighted by Gasteiger charge is -2.09. The van der Waals surface area contributed by atoms with Gasteiger partial charge in [-0.25, -0.2) is 4.98 Å². The van der Waals surface area contributed by atoms with Crippen molar-refractivity contribution >= 4 is 17.5 Å². The van der Waals surface area contributed by atoms with Crippen molar-refractivity contribution in [1.82, 2.24) is 15.2 Å². The normalized spacial score (nSPS) is 9.83.